The highest BCUT2D eigenvalue weighted by Crippen LogP contribution is 2.19. The lowest BCUT2D eigenvalue weighted by Gasteiger charge is -2.42. The zero-order valence-corrected chi connectivity index (χ0v) is 14.0. The van der Waals surface area contributed by atoms with Crippen molar-refractivity contribution in [1.82, 2.24) is 15.1 Å². The number of rotatable bonds is 3. The topological polar surface area (TPSA) is 35.6 Å². The Morgan fingerprint density at radius 3 is 2.48 bits per heavy atom. The van der Waals surface area contributed by atoms with E-state index < -0.39 is 0 Å². The number of piperazine rings is 1. The normalized spacial score (nSPS) is 21.1. The number of hydrogen-bond acceptors (Lipinski definition) is 2. The Morgan fingerprint density at radius 1 is 1.19 bits per heavy atom. The van der Waals surface area contributed by atoms with E-state index in [0.717, 1.165) is 39.1 Å². The van der Waals surface area contributed by atoms with Crippen LogP contribution < -0.4 is 5.32 Å². The van der Waals surface area contributed by atoms with Crippen LogP contribution in [0.1, 0.15) is 52.9 Å². The second kappa shape index (κ2) is 7.30. The SMILES string of the molecule is CC(C)(C)N1CCN(C(=O)NCCC2=CCCCC2)CC1. The van der Waals surface area contributed by atoms with E-state index in [1.165, 1.54) is 31.3 Å². The van der Waals surface area contributed by atoms with Crippen LogP contribution in [0, 0.1) is 0 Å². The van der Waals surface area contributed by atoms with E-state index >= 15 is 0 Å². The van der Waals surface area contributed by atoms with Crippen LogP contribution in [0.25, 0.3) is 0 Å². The van der Waals surface area contributed by atoms with E-state index in [4.69, 9.17) is 0 Å². The van der Waals surface area contributed by atoms with Gasteiger partial charge in [-0.1, -0.05) is 11.6 Å². The fraction of sp³-hybridized carbons (Fsp3) is 0.824. The fourth-order valence-electron chi connectivity index (χ4n) is 3.15. The van der Waals surface area contributed by atoms with Crippen molar-refractivity contribution in [3.05, 3.63) is 11.6 Å². The highest BCUT2D eigenvalue weighted by molar-refractivity contribution is 5.74. The van der Waals surface area contributed by atoms with E-state index in [0.29, 0.717) is 0 Å². The molecule has 2 amide bonds. The maximum Gasteiger partial charge on any atom is 0.317 e. The Balaban J connectivity index is 1.66. The van der Waals surface area contributed by atoms with Gasteiger partial charge >= 0.3 is 6.03 Å². The molecule has 1 aliphatic carbocycles. The first-order valence-corrected chi connectivity index (χ1v) is 8.42. The van der Waals surface area contributed by atoms with Gasteiger partial charge in [0.15, 0.2) is 0 Å². The predicted molar refractivity (Wildman–Crippen MR) is 87.5 cm³/mol. The van der Waals surface area contributed by atoms with Crippen LogP contribution >= 0.6 is 0 Å². The monoisotopic (exact) mass is 293 g/mol. The van der Waals surface area contributed by atoms with Gasteiger partial charge in [-0.25, -0.2) is 4.79 Å². The minimum atomic E-state index is 0.111. The van der Waals surface area contributed by atoms with Gasteiger partial charge in [0.25, 0.3) is 0 Å². The van der Waals surface area contributed by atoms with Crippen LogP contribution in [-0.2, 0) is 0 Å². The van der Waals surface area contributed by atoms with Gasteiger partial charge in [0.05, 0.1) is 0 Å². The van der Waals surface area contributed by atoms with E-state index in [1.807, 2.05) is 4.90 Å². The Bertz CT molecular complexity index is 376. The number of carbonyl (C=O) groups excluding carboxylic acids is 1. The smallest absolute Gasteiger partial charge is 0.317 e. The van der Waals surface area contributed by atoms with E-state index in [-0.39, 0.29) is 11.6 Å². The zero-order chi connectivity index (χ0) is 15.3. The molecule has 1 aliphatic heterocycles. The largest absolute Gasteiger partial charge is 0.338 e. The lowest BCUT2D eigenvalue weighted by atomic mass is 9.97. The minimum Gasteiger partial charge on any atom is -0.338 e. The number of allylic oxidation sites excluding steroid dienone is 1. The molecule has 0 atom stereocenters. The number of nitrogens with zero attached hydrogens (tertiary/aromatic N) is 2. The summed E-state index contributed by atoms with van der Waals surface area (Å²) in [5.74, 6) is 0. The van der Waals surface area contributed by atoms with Gasteiger partial charge in [0.1, 0.15) is 0 Å². The van der Waals surface area contributed by atoms with Gasteiger partial charge in [0, 0.05) is 38.3 Å². The molecule has 120 valence electrons. The molecule has 2 rings (SSSR count). The molecular weight excluding hydrogens is 262 g/mol. The van der Waals surface area contributed by atoms with Crippen LogP contribution in [0.2, 0.25) is 0 Å². The van der Waals surface area contributed by atoms with E-state index in [9.17, 15) is 4.79 Å². The van der Waals surface area contributed by atoms with Gasteiger partial charge in [-0.3, -0.25) is 4.90 Å². The number of urea groups is 1. The third-order valence-corrected chi connectivity index (χ3v) is 4.62. The standard InChI is InChI=1S/C17H31N3O/c1-17(2,3)20-13-11-19(12-14-20)16(21)18-10-9-15-7-5-4-6-8-15/h7H,4-6,8-14H2,1-3H3,(H,18,21). The highest BCUT2D eigenvalue weighted by Gasteiger charge is 2.27. The maximum absolute atomic E-state index is 12.2. The summed E-state index contributed by atoms with van der Waals surface area (Å²) < 4.78 is 0. The molecule has 0 radical (unpaired) electrons. The Hall–Kier alpha value is -1.03. The summed E-state index contributed by atoms with van der Waals surface area (Å²) in [5, 5.41) is 3.08. The second-order valence-corrected chi connectivity index (χ2v) is 7.24. The first-order chi connectivity index (χ1) is 9.97. The molecule has 21 heavy (non-hydrogen) atoms. The molecule has 1 fully saturated rings. The van der Waals surface area contributed by atoms with Crippen molar-refractivity contribution < 1.29 is 4.79 Å². The molecule has 0 aromatic carbocycles. The number of amides is 2. The molecule has 4 heteroatoms. The Labute approximate surface area is 129 Å². The summed E-state index contributed by atoms with van der Waals surface area (Å²) >= 11 is 0. The average molecular weight is 293 g/mol. The summed E-state index contributed by atoms with van der Waals surface area (Å²) in [7, 11) is 0. The Kier molecular flexibility index (Phi) is 5.68. The number of carbonyl (C=O) groups is 1. The van der Waals surface area contributed by atoms with Crippen molar-refractivity contribution in [2.75, 3.05) is 32.7 Å². The van der Waals surface area contributed by atoms with Crippen LogP contribution in [0.4, 0.5) is 4.79 Å². The molecular formula is C17H31N3O. The molecule has 0 unspecified atom stereocenters. The predicted octanol–water partition coefficient (Wildman–Crippen LogP) is 3.00. The van der Waals surface area contributed by atoms with Gasteiger partial charge in [-0.2, -0.15) is 0 Å². The van der Waals surface area contributed by atoms with E-state index in [2.05, 4.69) is 37.1 Å². The summed E-state index contributed by atoms with van der Waals surface area (Å²) in [6, 6.07) is 0.111. The molecule has 2 aliphatic rings. The first kappa shape index (κ1) is 16.3. The van der Waals surface area contributed by atoms with Crippen LogP contribution in [0.15, 0.2) is 11.6 Å². The van der Waals surface area contributed by atoms with Gasteiger partial charge < -0.3 is 10.2 Å². The van der Waals surface area contributed by atoms with Crippen molar-refractivity contribution in [3.8, 4) is 0 Å². The maximum atomic E-state index is 12.2. The third-order valence-electron chi connectivity index (χ3n) is 4.62. The van der Waals surface area contributed by atoms with Crippen LogP contribution in [0.3, 0.4) is 0 Å². The molecule has 0 spiro atoms. The first-order valence-electron chi connectivity index (χ1n) is 8.42. The molecule has 0 bridgehead atoms. The van der Waals surface area contributed by atoms with Crippen molar-refractivity contribution in [2.24, 2.45) is 0 Å². The third kappa shape index (κ3) is 5.03. The molecule has 0 aromatic heterocycles. The molecule has 1 N–H and O–H groups in total. The van der Waals surface area contributed by atoms with Crippen LogP contribution in [-0.4, -0.2) is 54.1 Å². The van der Waals surface area contributed by atoms with Gasteiger partial charge in [0.2, 0.25) is 0 Å². The molecule has 4 nitrogen and oxygen atoms in total. The Morgan fingerprint density at radius 2 is 1.90 bits per heavy atom. The average Bonchev–Trinajstić information content (AvgIpc) is 2.47. The number of hydrogen-bond donors (Lipinski definition) is 1. The van der Waals surface area contributed by atoms with Crippen molar-refractivity contribution in [3.63, 3.8) is 0 Å². The summed E-state index contributed by atoms with van der Waals surface area (Å²) in [6.45, 7) is 11.1. The molecule has 0 saturated carbocycles. The molecule has 1 heterocycles. The molecule has 1 saturated heterocycles. The van der Waals surface area contributed by atoms with Crippen molar-refractivity contribution in [1.29, 1.82) is 0 Å². The van der Waals surface area contributed by atoms with Gasteiger partial charge in [-0.05, 0) is 52.9 Å². The lowest BCUT2D eigenvalue weighted by Crippen LogP contribution is -2.56. The fourth-order valence-corrected chi connectivity index (χ4v) is 3.15. The van der Waals surface area contributed by atoms with E-state index in [1.54, 1.807) is 0 Å². The second-order valence-electron chi connectivity index (χ2n) is 7.24. The molecule has 0 aromatic rings. The lowest BCUT2D eigenvalue weighted by molar-refractivity contribution is 0.0744. The van der Waals surface area contributed by atoms with Crippen molar-refractivity contribution in [2.45, 2.75) is 58.4 Å². The summed E-state index contributed by atoms with van der Waals surface area (Å²) in [4.78, 5) is 16.6. The quantitative estimate of drug-likeness (QED) is 0.812. The van der Waals surface area contributed by atoms with Crippen molar-refractivity contribution >= 4 is 6.03 Å². The van der Waals surface area contributed by atoms with Gasteiger partial charge in [-0.15, -0.1) is 0 Å². The summed E-state index contributed by atoms with van der Waals surface area (Å²) in [5.41, 5.74) is 1.73. The number of nitrogens with one attached hydrogen (secondary N) is 1. The highest BCUT2D eigenvalue weighted by atomic mass is 16.2. The zero-order valence-electron chi connectivity index (χ0n) is 14.0. The minimum absolute atomic E-state index is 0.111. The summed E-state index contributed by atoms with van der Waals surface area (Å²) in [6.07, 6.45) is 8.46. The van der Waals surface area contributed by atoms with Crippen LogP contribution in [0.5, 0.6) is 0 Å².